The van der Waals surface area contributed by atoms with Crippen LogP contribution in [0.3, 0.4) is 0 Å². The van der Waals surface area contributed by atoms with Crippen molar-refractivity contribution in [3.8, 4) is 17.2 Å². The zero-order valence-electron chi connectivity index (χ0n) is 20.1. The van der Waals surface area contributed by atoms with Crippen LogP contribution in [0.2, 0.25) is 0 Å². The van der Waals surface area contributed by atoms with Crippen LogP contribution < -0.4 is 10.5 Å². The molecular formula is C28H25BrN4O3. The number of nitrogen functional groups attached to an aromatic ring is 1. The molecule has 0 bridgehead atoms. The van der Waals surface area contributed by atoms with E-state index in [1.165, 1.54) is 10.9 Å². The van der Waals surface area contributed by atoms with E-state index in [0.29, 0.717) is 29.1 Å². The molecule has 0 aliphatic rings. The highest BCUT2D eigenvalue weighted by Gasteiger charge is 2.24. The van der Waals surface area contributed by atoms with Gasteiger partial charge < -0.3 is 20.1 Å². The third-order valence-electron chi connectivity index (χ3n) is 6.47. The molecule has 182 valence electrons. The maximum absolute atomic E-state index is 13.9. The second-order valence-corrected chi connectivity index (χ2v) is 9.56. The van der Waals surface area contributed by atoms with Gasteiger partial charge >= 0.3 is 0 Å². The van der Waals surface area contributed by atoms with Crippen LogP contribution >= 0.6 is 15.9 Å². The standard InChI is InChI=1S/C28H25BrN4O3/c1-16-7-12-24(34)17(2)25(16)33-28(30)21(14-31-33)27(35)23-13-19-5-4-6-22(29)26(19)32(23)15-18-8-10-20(36-3)11-9-18/h4-14,34H,15,30H2,1-3H3. The van der Waals surface area contributed by atoms with Gasteiger partial charge in [-0.1, -0.05) is 30.3 Å². The summed E-state index contributed by atoms with van der Waals surface area (Å²) in [5.74, 6) is 0.900. The topological polar surface area (TPSA) is 95.3 Å². The number of hydrogen-bond acceptors (Lipinski definition) is 5. The molecule has 8 heteroatoms. The number of rotatable bonds is 6. The van der Waals surface area contributed by atoms with Gasteiger partial charge in [-0.3, -0.25) is 4.79 Å². The Labute approximate surface area is 216 Å². The van der Waals surface area contributed by atoms with Crippen molar-refractivity contribution in [1.29, 1.82) is 0 Å². The minimum atomic E-state index is -0.231. The quantitative estimate of drug-likeness (QED) is 0.264. The first-order valence-corrected chi connectivity index (χ1v) is 12.2. The number of anilines is 1. The van der Waals surface area contributed by atoms with Gasteiger partial charge in [-0.2, -0.15) is 5.10 Å². The van der Waals surface area contributed by atoms with Crippen LogP contribution in [-0.2, 0) is 6.54 Å². The SMILES string of the molecule is COc1ccc(Cn2c(C(=O)c3cnn(-c4c(C)ccc(O)c4C)c3N)cc3cccc(Br)c32)cc1. The predicted molar refractivity (Wildman–Crippen MR) is 144 cm³/mol. The van der Waals surface area contributed by atoms with E-state index in [2.05, 4.69) is 21.0 Å². The Morgan fingerprint density at radius 3 is 2.58 bits per heavy atom. The molecule has 3 aromatic carbocycles. The van der Waals surface area contributed by atoms with Crippen LogP contribution in [0, 0.1) is 13.8 Å². The van der Waals surface area contributed by atoms with E-state index in [1.54, 1.807) is 26.2 Å². The molecule has 0 aliphatic carbocycles. The Hall–Kier alpha value is -4.04. The largest absolute Gasteiger partial charge is 0.508 e. The highest BCUT2D eigenvalue weighted by Crippen LogP contribution is 2.33. The van der Waals surface area contributed by atoms with Gasteiger partial charge in [0.1, 0.15) is 17.3 Å². The molecule has 2 aromatic heterocycles. The maximum Gasteiger partial charge on any atom is 0.214 e. The molecule has 36 heavy (non-hydrogen) atoms. The normalized spacial score (nSPS) is 11.2. The van der Waals surface area contributed by atoms with Crippen LogP contribution in [0.1, 0.15) is 32.7 Å². The lowest BCUT2D eigenvalue weighted by Crippen LogP contribution is -2.13. The fourth-order valence-corrected chi connectivity index (χ4v) is 5.14. The summed E-state index contributed by atoms with van der Waals surface area (Å²) in [7, 11) is 1.63. The summed E-state index contributed by atoms with van der Waals surface area (Å²) >= 11 is 3.66. The third kappa shape index (κ3) is 3.93. The number of nitrogens with two attached hydrogens (primary N) is 1. The van der Waals surface area contributed by atoms with Crippen molar-refractivity contribution in [2.75, 3.05) is 12.8 Å². The fourth-order valence-electron chi connectivity index (χ4n) is 4.54. The zero-order valence-corrected chi connectivity index (χ0v) is 21.7. The second-order valence-electron chi connectivity index (χ2n) is 8.70. The number of aromatic nitrogens is 3. The van der Waals surface area contributed by atoms with Crippen LogP contribution in [0.5, 0.6) is 11.5 Å². The number of hydrogen-bond donors (Lipinski definition) is 2. The number of carbonyl (C=O) groups excluding carboxylic acids is 1. The number of aryl methyl sites for hydroxylation is 1. The summed E-state index contributed by atoms with van der Waals surface area (Å²) in [6.07, 6.45) is 1.49. The first kappa shape index (κ1) is 23.7. The number of phenols is 1. The number of benzene rings is 3. The first-order chi connectivity index (χ1) is 17.3. The average Bonchev–Trinajstić information content (AvgIpc) is 3.43. The van der Waals surface area contributed by atoms with E-state index in [0.717, 1.165) is 32.3 Å². The van der Waals surface area contributed by atoms with Gasteiger partial charge in [0.15, 0.2) is 0 Å². The average molecular weight is 545 g/mol. The molecule has 3 N–H and O–H groups in total. The summed E-state index contributed by atoms with van der Waals surface area (Å²) < 4.78 is 9.68. The lowest BCUT2D eigenvalue weighted by Gasteiger charge is -2.14. The van der Waals surface area contributed by atoms with E-state index in [9.17, 15) is 9.90 Å². The monoisotopic (exact) mass is 544 g/mol. The smallest absolute Gasteiger partial charge is 0.214 e. The number of ether oxygens (including phenoxy) is 1. The van der Waals surface area contributed by atoms with E-state index < -0.39 is 0 Å². The van der Waals surface area contributed by atoms with Crippen molar-refractivity contribution in [3.63, 3.8) is 0 Å². The molecule has 0 atom stereocenters. The Kier molecular flexibility index (Phi) is 6.05. The predicted octanol–water partition coefficient (Wildman–Crippen LogP) is 5.78. The number of carbonyl (C=O) groups is 1. The summed E-state index contributed by atoms with van der Waals surface area (Å²) in [5, 5.41) is 15.6. The number of methoxy groups -OCH3 is 1. The van der Waals surface area contributed by atoms with Gasteiger partial charge in [-0.25, -0.2) is 4.68 Å². The first-order valence-electron chi connectivity index (χ1n) is 11.4. The van der Waals surface area contributed by atoms with Crippen molar-refractivity contribution in [2.45, 2.75) is 20.4 Å². The Morgan fingerprint density at radius 2 is 1.86 bits per heavy atom. The van der Waals surface area contributed by atoms with Gasteiger partial charge in [0.05, 0.1) is 35.8 Å². The fraction of sp³-hybridized carbons (Fsp3) is 0.143. The summed E-state index contributed by atoms with van der Waals surface area (Å²) in [6, 6.07) is 19.0. The Balaban J connectivity index is 1.63. The van der Waals surface area contributed by atoms with E-state index >= 15 is 0 Å². The number of nitrogens with zero attached hydrogens (tertiary/aromatic N) is 3. The van der Waals surface area contributed by atoms with E-state index in [-0.39, 0.29) is 17.4 Å². The molecule has 0 saturated heterocycles. The van der Waals surface area contributed by atoms with Crippen molar-refractivity contribution >= 4 is 38.4 Å². The number of phenolic OH excluding ortho intramolecular Hbond substituents is 1. The van der Waals surface area contributed by atoms with E-state index in [1.807, 2.05) is 60.0 Å². The molecular weight excluding hydrogens is 520 g/mol. The summed E-state index contributed by atoms with van der Waals surface area (Å²) in [4.78, 5) is 13.9. The number of para-hydroxylation sites is 1. The van der Waals surface area contributed by atoms with Crippen molar-refractivity contribution in [1.82, 2.24) is 14.3 Å². The Morgan fingerprint density at radius 1 is 1.11 bits per heavy atom. The van der Waals surface area contributed by atoms with Gasteiger partial charge in [-0.15, -0.1) is 0 Å². The van der Waals surface area contributed by atoms with Crippen LogP contribution in [0.4, 0.5) is 5.82 Å². The van der Waals surface area contributed by atoms with Crippen molar-refractivity contribution in [3.05, 3.63) is 99.3 Å². The minimum Gasteiger partial charge on any atom is -0.508 e. The van der Waals surface area contributed by atoms with Gasteiger partial charge in [0.25, 0.3) is 0 Å². The molecule has 0 unspecified atom stereocenters. The van der Waals surface area contributed by atoms with Crippen LogP contribution in [0.15, 0.2) is 71.3 Å². The maximum atomic E-state index is 13.9. The third-order valence-corrected chi connectivity index (χ3v) is 7.11. The van der Waals surface area contributed by atoms with Crippen molar-refractivity contribution < 1.29 is 14.6 Å². The highest BCUT2D eigenvalue weighted by atomic mass is 79.9. The second kappa shape index (κ2) is 9.20. The van der Waals surface area contributed by atoms with Gasteiger partial charge in [0.2, 0.25) is 5.78 Å². The minimum absolute atomic E-state index is 0.142. The lowest BCUT2D eigenvalue weighted by atomic mass is 10.1. The number of aromatic hydroxyl groups is 1. The molecule has 0 saturated carbocycles. The van der Waals surface area contributed by atoms with Crippen molar-refractivity contribution in [2.24, 2.45) is 0 Å². The molecule has 7 nitrogen and oxygen atoms in total. The molecule has 5 rings (SSSR count). The molecule has 0 amide bonds. The molecule has 0 radical (unpaired) electrons. The van der Waals surface area contributed by atoms with Crippen LogP contribution in [0.25, 0.3) is 16.6 Å². The highest BCUT2D eigenvalue weighted by molar-refractivity contribution is 9.10. The molecule has 0 fully saturated rings. The number of ketones is 1. The summed E-state index contributed by atoms with van der Waals surface area (Å²) in [6.45, 7) is 4.19. The lowest BCUT2D eigenvalue weighted by molar-refractivity contribution is 0.103. The van der Waals surface area contributed by atoms with Crippen LogP contribution in [-0.4, -0.2) is 32.3 Å². The zero-order chi connectivity index (χ0) is 25.6. The number of fused-ring (bicyclic) bond motifs is 1. The molecule has 2 heterocycles. The Bertz CT molecular complexity index is 1620. The summed E-state index contributed by atoms with van der Waals surface area (Å²) in [5.41, 5.74) is 11.4. The molecule has 0 spiro atoms. The molecule has 5 aromatic rings. The molecule has 0 aliphatic heterocycles. The van der Waals surface area contributed by atoms with Gasteiger partial charge in [-0.05, 0) is 71.2 Å². The van der Waals surface area contributed by atoms with E-state index in [4.69, 9.17) is 10.5 Å². The van der Waals surface area contributed by atoms with Gasteiger partial charge in [0, 0.05) is 22.0 Å². The number of halogens is 1.